The van der Waals surface area contributed by atoms with Crippen LogP contribution in [0.2, 0.25) is 0 Å². The molecule has 0 aliphatic rings. The fourth-order valence-corrected chi connectivity index (χ4v) is 2.19. The molecule has 0 amide bonds. The van der Waals surface area contributed by atoms with Crippen LogP contribution in [0.25, 0.3) is 0 Å². The molecule has 0 saturated carbocycles. The zero-order chi connectivity index (χ0) is 13.1. The summed E-state index contributed by atoms with van der Waals surface area (Å²) in [7, 11) is 0. The maximum Gasteiger partial charge on any atom is 0.126 e. The van der Waals surface area contributed by atoms with E-state index in [0.29, 0.717) is 23.6 Å². The number of anilines is 1. The van der Waals surface area contributed by atoms with Gasteiger partial charge in [-0.3, -0.25) is 0 Å². The van der Waals surface area contributed by atoms with E-state index in [2.05, 4.69) is 15.9 Å². The van der Waals surface area contributed by atoms with Gasteiger partial charge in [-0.2, -0.15) is 0 Å². The molecule has 0 unspecified atom stereocenters. The van der Waals surface area contributed by atoms with E-state index in [9.17, 15) is 4.39 Å². The van der Waals surface area contributed by atoms with Gasteiger partial charge < -0.3 is 10.5 Å². The number of hydrogen-bond donors (Lipinski definition) is 1. The first-order valence-electron chi connectivity index (χ1n) is 5.48. The molecule has 2 N–H and O–H groups in total. The molecule has 0 spiro atoms. The van der Waals surface area contributed by atoms with Crippen LogP contribution in [0.1, 0.15) is 11.1 Å². The molecule has 0 fully saturated rings. The molecule has 0 aliphatic carbocycles. The fourth-order valence-electron chi connectivity index (χ4n) is 1.63. The summed E-state index contributed by atoms with van der Waals surface area (Å²) in [4.78, 5) is 0. The Kier molecular flexibility index (Phi) is 3.87. The Morgan fingerprint density at radius 1 is 1.22 bits per heavy atom. The maximum atomic E-state index is 13.1. The Bertz CT molecular complexity index is 551. The monoisotopic (exact) mass is 309 g/mol. The normalized spacial score (nSPS) is 10.4. The molecule has 2 nitrogen and oxygen atoms in total. The van der Waals surface area contributed by atoms with Crippen LogP contribution in [0, 0.1) is 12.7 Å². The molecule has 2 aromatic rings. The topological polar surface area (TPSA) is 35.2 Å². The van der Waals surface area contributed by atoms with Crippen LogP contribution >= 0.6 is 15.9 Å². The summed E-state index contributed by atoms with van der Waals surface area (Å²) >= 11 is 3.38. The number of rotatable bonds is 3. The Balaban J connectivity index is 2.08. The Labute approximate surface area is 114 Å². The molecule has 0 radical (unpaired) electrons. The summed E-state index contributed by atoms with van der Waals surface area (Å²) < 4.78 is 19.6. The van der Waals surface area contributed by atoms with Crippen LogP contribution in [0.4, 0.5) is 10.1 Å². The summed E-state index contributed by atoms with van der Waals surface area (Å²) in [5.74, 6) is 0.418. The number of hydrogen-bond acceptors (Lipinski definition) is 2. The SMILES string of the molecule is Cc1cc(OCc2cc(N)cc(Br)c2)ccc1F. The van der Waals surface area contributed by atoms with Gasteiger partial charge in [0.1, 0.15) is 18.2 Å². The highest BCUT2D eigenvalue weighted by atomic mass is 79.9. The standard InChI is InChI=1S/C14H13BrFNO/c1-9-4-13(2-3-14(9)16)18-8-10-5-11(15)7-12(17)6-10/h2-7H,8,17H2,1H3. The van der Waals surface area contributed by atoms with Crippen LogP contribution in [-0.4, -0.2) is 0 Å². The molecule has 0 saturated heterocycles. The zero-order valence-corrected chi connectivity index (χ0v) is 11.5. The van der Waals surface area contributed by atoms with E-state index >= 15 is 0 Å². The Hall–Kier alpha value is -1.55. The van der Waals surface area contributed by atoms with E-state index in [4.69, 9.17) is 10.5 Å². The van der Waals surface area contributed by atoms with Crippen molar-refractivity contribution in [2.24, 2.45) is 0 Å². The molecule has 18 heavy (non-hydrogen) atoms. The van der Waals surface area contributed by atoms with Crippen molar-refractivity contribution >= 4 is 21.6 Å². The molecule has 2 aromatic carbocycles. The van der Waals surface area contributed by atoms with Crippen LogP contribution in [0.15, 0.2) is 40.9 Å². The highest BCUT2D eigenvalue weighted by Crippen LogP contribution is 2.20. The van der Waals surface area contributed by atoms with Gasteiger partial charge >= 0.3 is 0 Å². The van der Waals surface area contributed by atoms with Crippen LogP contribution in [0.5, 0.6) is 5.75 Å². The number of nitrogen functional groups attached to an aromatic ring is 1. The first-order chi connectivity index (χ1) is 8.54. The lowest BCUT2D eigenvalue weighted by Crippen LogP contribution is -1.97. The smallest absolute Gasteiger partial charge is 0.126 e. The minimum Gasteiger partial charge on any atom is -0.489 e. The third-order valence-corrected chi connectivity index (χ3v) is 2.97. The lowest BCUT2D eigenvalue weighted by Gasteiger charge is -2.08. The van der Waals surface area contributed by atoms with Gasteiger partial charge in [-0.15, -0.1) is 0 Å². The summed E-state index contributed by atoms with van der Waals surface area (Å²) in [6.45, 7) is 2.11. The number of ether oxygens (including phenoxy) is 1. The van der Waals surface area contributed by atoms with Crippen molar-refractivity contribution in [2.75, 3.05) is 5.73 Å². The van der Waals surface area contributed by atoms with Gasteiger partial charge in [0.05, 0.1) is 0 Å². The van der Waals surface area contributed by atoms with Crippen LogP contribution in [-0.2, 0) is 6.61 Å². The van der Waals surface area contributed by atoms with E-state index in [1.54, 1.807) is 19.1 Å². The highest BCUT2D eigenvalue weighted by Gasteiger charge is 2.02. The lowest BCUT2D eigenvalue weighted by atomic mass is 10.2. The third-order valence-electron chi connectivity index (χ3n) is 2.51. The molecule has 4 heteroatoms. The van der Waals surface area contributed by atoms with E-state index in [1.165, 1.54) is 6.07 Å². The molecule has 0 heterocycles. The van der Waals surface area contributed by atoms with E-state index in [-0.39, 0.29) is 5.82 Å². The highest BCUT2D eigenvalue weighted by molar-refractivity contribution is 9.10. The average Bonchev–Trinajstić information content (AvgIpc) is 2.29. The summed E-state index contributed by atoms with van der Waals surface area (Å²) in [6.07, 6.45) is 0. The van der Waals surface area contributed by atoms with Gasteiger partial charge in [0.15, 0.2) is 0 Å². The fraction of sp³-hybridized carbons (Fsp3) is 0.143. The first kappa shape index (κ1) is 12.9. The van der Waals surface area contributed by atoms with Crippen molar-refractivity contribution in [3.05, 3.63) is 57.8 Å². The van der Waals surface area contributed by atoms with Gasteiger partial charge in [-0.25, -0.2) is 4.39 Å². The van der Waals surface area contributed by atoms with E-state index in [1.807, 2.05) is 18.2 Å². The molecule has 0 atom stereocenters. The average molecular weight is 310 g/mol. The quantitative estimate of drug-likeness (QED) is 0.868. The van der Waals surface area contributed by atoms with Gasteiger partial charge in [0.2, 0.25) is 0 Å². The van der Waals surface area contributed by atoms with Crippen molar-refractivity contribution in [3.8, 4) is 5.75 Å². The maximum absolute atomic E-state index is 13.1. The zero-order valence-electron chi connectivity index (χ0n) is 9.91. The third kappa shape index (κ3) is 3.23. The second-order valence-corrected chi connectivity index (χ2v) is 5.01. The largest absolute Gasteiger partial charge is 0.489 e. The van der Waals surface area contributed by atoms with Crippen molar-refractivity contribution in [2.45, 2.75) is 13.5 Å². The van der Waals surface area contributed by atoms with Gasteiger partial charge in [0, 0.05) is 10.2 Å². The molecular weight excluding hydrogens is 297 g/mol. The Morgan fingerprint density at radius 2 is 2.00 bits per heavy atom. The van der Waals surface area contributed by atoms with Gasteiger partial charge in [-0.05, 0) is 54.4 Å². The molecule has 2 rings (SSSR count). The molecule has 94 valence electrons. The van der Waals surface area contributed by atoms with Crippen LogP contribution < -0.4 is 10.5 Å². The van der Waals surface area contributed by atoms with E-state index in [0.717, 1.165) is 10.0 Å². The second-order valence-electron chi connectivity index (χ2n) is 4.09. The summed E-state index contributed by atoms with van der Waals surface area (Å²) in [5, 5.41) is 0. The Morgan fingerprint density at radius 3 is 2.67 bits per heavy atom. The van der Waals surface area contributed by atoms with Crippen molar-refractivity contribution in [1.29, 1.82) is 0 Å². The number of halogens is 2. The van der Waals surface area contributed by atoms with Gasteiger partial charge in [0.25, 0.3) is 0 Å². The molecule has 0 bridgehead atoms. The second kappa shape index (κ2) is 5.40. The first-order valence-corrected chi connectivity index (χ1v) is 6.28. The summed E-state index contributed by atoms with van der Waals surface area (Å²) in [6, 6.07) is 10.3. The predicted molar refractivity (Wildman–Crippen MR) is 74.0 cm³/mol. The molecule has 0 aromatic heterocycles. The minimum atomic E-state index is -0.228. The summed E-state index contributed by atoms with van der Waals surface area (Å²) in [5.41, 5.74) is 7.95. The number of benzene rings is 2. The minimum absolute atomic E-state index is 0.228. The number of aryl methyl sites for hydroxylation is 1. The van der Waals surface area contributed by atoms with Crippen molar-refractivity contribution in [3.63, 3.8) is 0 Å². The lowest BCUT2D eigenvalue weighted by molar-refractivity contribution is 0.305. The predicted octanol–water partition coefficient (Wildman–Crippen LogP) is 4.06. The van der Waals surface area contributed by atoms with Crippen molar-refractivity contribution < 1.29 is 9.13 Å². The molecule has 0 aliphatic heterocycles. The molecular formula is C14H13BrFNO. The van der Waals surface area contributed by atoms with Gasteiger partial charge in [-0.1, -0.05) is 15.9 Å². The van der Waals surface area contributed by atoms with Crippen molar-refractivity contribution in [1.82, 2.24) is 0 Å². The van der Waals surface area contributed by atoms with Crippen LogP contribution in [0.3, 0.4) is 0 Å². The number of nitrogens with two attached hydrogens (primary N) is 1. The van der Waals surface area contributed by atoms with E-state index < -0.39 is 0 Å².